The van der Waals surface area contributed by atoms with Crippen LogP contribution in [0.15, 0.2) is 29.4 Å². The maximum Gasteiger partial charge on any atom is 0.244 e. The molecule has 0 bridgehead atoms. The highest BCUT2D eigenvalue weighted by Gasteiger charge is 2.39. The van der Waals surface area contributed by atoms with Crippen molar-refractivity contribution in [2.24, 2.45) is 13.0 Å². The summed E-state index contributed by atoms with van der Waals surface area (Å²) in [7, 11) is -1.76. The number of nitrogens with one attached hydrogen (secondary N) is 1. The molecule has 0 saturated heterocycles. The topological polar surface area (TPSA) is 76.9 Å². The summed E-state index contributed by atoms with van der Waals surface area (Å²) in [5, 5.41) is 4.17. The number of hydrogen-bond donors (Lipinski definition) is 1. The van der Waals surface area contributed by atoms with Crippen molar-refractivity contribution in [3.8, 4) is 0 Å². The van der Waals surface area contributed by atoms with E-state index in [-0.39, 0.29) is 0 Å². The van der Waals surface area contributed by atoms with Gasteiger partial charge in [0.25, 0.3) is 0 Å². The van der Waals surface area contributed by atoms with Crippen LogP contribution in [0.25, 0.3) is 0 Å². The van der Waals surface area contributed by atoms with Gasteiger partial charge in [0.15, 0.2) is 0 Å². The van der Waals surface area contributed by atoms with Crippen molar-refractivity contribution in [3.63, 3.8) is 0 Å². The molecule has 0 spiro atoms. The van der Waals surface area contributed by atoms with E-state index >= 15 is 0 Å². The lowest BCUT2D eigenvalue weighted by atomic mass is 10.1. The van der Waals surface area contributed by atoms with Gasteiger partial charge in [-0.2, -0.15) is 5.10 Å². The third-order valence-electron chi connectivity index (χ3n) is 4.28. The molecule has 0 amide bonds. The molecule has 0 radical (unpaired) electrons. The summed E-state index contributed by atoms with van der Waals surface area (Å²) in [6.07, 6.45) is 4.60. The van der Waals surface area contributed by atoms with Gasteiger partial charge in [-0.15, -0.1) is 0 Å². The monoisotopic (exact) mass is 320 g/mol. The van der Waals surface area contributed by atoms with Crippen LogP contribution >= 0.6 is 0 Å². The molecule has 2 aromatic heterocycles. The summed E-state index contributed by atoms with van der Waals surface area (Å²) in [5.41, 5.74) is 2.37. The fourth-order valence-corrected chi connectivity index (χ4v) is 4.44. The molecule has 7 heteroatoms. The molecule has 3 rings (SSSR count). The minimum Gasteiger partial charge on any atom is -0.271 e. The van der Waals surface area contributed by atoms with Crippen LogP contribution in [-0.4, -0.2) is 29.7 Å². The number of sulfonamides is 1. The second-order valence-corrected chi connectivity index (χ2v) is 7.57. The highest BCUT2D eigenvalue weighted by atomic mass is 32.2. The van der Waals surface area contributed by atoms with E-state index < -0.39 is 10.0 Å². The summed E-state index contributed by atoms with van der Waals surface area (Å²) in [6.45, 7) is 3.94. The van der Waals surface area contributed by atoms with Crippen LogP contribution < -0.4 is 4.72 Å². The molecular formula is C15H20N4O2S. The maximum absolute atomic E-state index is 12.5. The van der Waals surface area contributed by atoms with Crippen molar-refractivity contribution in [2.75, 3.05) is 6.54 Å². The third-order valence-corrected chi connectivity index (χ3v) is 5.96. The van der Waals surface area contributed by atoms with E-state index in [0.29, 0.717) is 34.7 Å². The fourth-order valence-electron chi connectivity index (χ4n) is 2.91. The van der Waals surface area contributed by atoms with Gasteiger partial charge in [-0.1, -0.05) is 6.07 Å². The largest absolute Gasteiger partial charge is 0.271 e. The normalized spacial score (nSPS) is 21.0. The highest BCUT2D eigenvalue weighted by molar-refractivity contribution is 7.89. The standard InChI is InChI=1S/C15H20N4O2S/c1-10-15(11(2)19(3)18-10)22(20,21)17-9-13-7-14(13)12-5-4-6-16-8-12/h4-6,8,13-14,17H,7,9H2,1-3H3/t13-,14-/m0/s1. The van der Waals surface area contributed by atoms with E-state index in [1.807, 2.05) is 18.3 Å². The van der Waals surface area contributed by atoms with Crippen LogP contribution in [0.4, 0.5) is 0 Å². The molecule has 0 unspecified atom stereocenters. The first-order valence-electron chi connectivity index (χ1n) is 7.30. The predicted octanol–water partition coefficient (Wildman–Crippen LogP) is 1.51. The van der Waals surface area contributed by atoms with Crippen molar-refractivity contribution in [1.82, 2.24) is 19.5 Å². The number of rotatable bonds is 5. The van der Waals surface area contributed by atoms with Crippen LogP contribution in [0.5, 0.6) is 0 Å². The summed E-state index contributed by atoms with van der Waals surface area (Å²) in [5.74, 6) is 0.753. The van der Waals surface area contributed by atoms with Crippen LogP contribution in [0, 0.1) is 19.8 Å². The number of pyridine rings is 1. The molecule has 6 nitrogen and oxygen atoms in total. The van der Waals surface area contributed by atoms with Gasteiger partial charge >= 0.3 is 0 Å². The average molecular weight is 320 g/mol. The molecule has 1 aliphatic carbocycles. The number of hydrogen-bond acceptors (Lipinski definition) is 4. The summed E-state index contributed by atoms with van der Waals surface area (Å²) < 4.78 is 29.3. The first-order chi connectivity index (χ1) is 10.4. The van der Waals surface area contributed by atoms with Gasteiger partial charge in [-0.3, -0.25) is 9.67 Å². The Bertz CT molecular complexity index is 783. The zero-order valence-corrected chi connectivity index (χ0v) is 13.8. The first kappa shape index (κ1) is 15.2. The van der Waals surface area contributed by atoms with Crippen molar-refractivity contribution in [1.29, 1.82) is 0 Å². The zero-order valence-electron chi connectivity index (χ0n) is 12.9. The van der Waals surface area contributed by atoms with Gasteiger partial charge in [0.1, 0.15) is 4.90 Å². The Morgan fingerprint density at radius 2 is 2.18 bits per heavy atom. The molecule has 0 aliphatic heterocycles. The second-order valence-electron chi connectivity index (χ2n) is 5.86. The van der Waals surface area contributed by atoms with E-state index in [2.05, 4.69) is 14.8 Å². The lowest BCUT2D eigenvalue weighted by molar-refractivity contribution is 0.574. The Kier molecular flexibility index (Phi) is 3.78. The molecule has 1 N–H and O–H groups in total. The van der Waals surface area contributed by atoms with E-state index in [1.165, 1.54) is 5.56 Å². The summed E-state index contributed by atoms with van der Waals surface area (Å²) in [6, 6.07) is 3.96. The molecule has 2 aromatic rings. The van der Waals surface area contributed by atoms with Gasteiger partial charge in [0, 0.05) is 26.0 Å². The molecule has 22 heavy (non-hydrogen) atoms. The quantitative estimate of drug-likeness (QED) is 0.906. The van der Waals surface area contributed by atoms with Crippen LogP contribution in [0.3, 0.4) is 0 Å². The van der Waals surface area contributed by atoms with Gasteiger partial charge in [0.2, 0.25) is 10.0 Å². The first-order valence-corrected chi connectivity index (χ1v) is 8.78. The van der Waals surface area contributed by atoms with Crippen LogP contribution in [0.1, 0.15) is 29.3 Å². The van der Waals surface area contributed by atoms with Gasteiger partial charge in [0.05, 0.1) is 11.4 Å². The minimum absolute atomic E-state index is 0.300. The van der Waals surface area contributed by atoms with Gasteiger partial charge in [-0.25, -0.2) is 13.1 Å². The maximum atomic E-state index is 12.5. The van der Waals surface area contributed by atoms with Crippen molar-refractivity contribution < 1.29 is 8.42 Å². The van der Waals surface area contributed by atoms with E-state index in [9.17, 15) is 8.42 Å². The fraction of sp³-hybridized carbons (Fsp3) is 0.467. The minimum atomic E-state index is -3.51. The predicted molar refractivity (Wildman–Crippen MR) is 83.0 cm³/mol. The third kappa shape index (κ3) is 2.78. The molecule has 118 valence electrons. The van der Waals surface area contributed by atoms with E-state index in [0.717, 1.165) is 6.42 Å². The lowest BCUT2D eigenvalue weighted by Gasteiger charge is -2.07. The Balaban J connectivity index is 1.67. The molecular weight excluding hydrogens is 300 g/mol. The summed E-state index contributed by atoms with van der Waals surface area (Å²) >= 11 is 0. The lowest BCUT2D eigenvalue weighted by Crippen LogP contribution is -2.27. The number of aryl methyl sites for hydroxylation is 2. The molecule has 0 aromatic carbocycles. The Hall–Kier alpha value is -1.73. The Labute approximate surface area is 130 Å². The van der Waals surface area contributed by atoms with Crippen molar-refractivity contribution in [2.45, 2.75) is 31.1 Å². The van der Waals surface area contributed by atoms with Crippen LogP contribution in [0.2, 0.25) is 0 Å². The summed E-state index contributed by atoms with van der Waals surface area (Å²) in [4.78, 5) is 4.41. The van der Waals surface area contributed by atoms with Crippen molar-refractivity contribution >= 4 is 10.0 Å². The number of aromatic nitrogens is 3. The highest BCUT2D eigenvalue weighted by Crippen LogP contribution is 2.46. The Morgan fingerprint density at radius 1 is 1.41 bits per heavy atom. The number of nitrogens with zero attached hydrogens (tertiary/aromatic N) is 3. The smallest absolute Gasteiger partial charge is 0.244 e. The second kappa shape index (κ2) is 5.48. The van der Waals surface area contributed by atoms with Gasteiger partial charge in [-0.05, 0) is 43.7 Å². The van der Waals surface area contributed by atoms with Gasteiger partial charge < -0.3 is 0 Å². The van der Waals surface area contributed by atoms with Crippen LogP contribution in [-0.2, 0) is 17.1 Å². The zero-order chi connectivity index (χ0) is 15.9. The van der Waals surface area contributed by atoms with E-state index in [1.54, 1.807) is 31.8 Å². The molecule has 1 aliphatic rings. The average Bonchev–Trinajstić information content (AvgIpc) is 3.20. The van der Waals surface area contributed by atoms with Crippen molar-refractivity contribution in [3.05, 3.63) is 41.5 Å². The molecule has 1 fully saturated rings. The SMILES string of the molecule is Cc1nn(C)c(C)c1S(=O)(=O)NC[C@@H]1C[C@H]1c1cccnc1. The molecule has 2 heterocycles. The molecule has 1 saturated carbocycles. The Morgan fingerprint density at radius 3 is 2.77 bits per heavy atom. The van der Waals surface area contributed by atoms with E-state index in [4.69, 9.17) is 0 Å². The molecule has 2 atom stereocenters.